The normalized spacial score (nSPS) is 18.7. The van der Waals surface area contributed by atoms with Crippen molar-refractivity contribution >= 4 is 15.8 Å². The highest BCUT2D eigenvalue weighted by molar-refractivity contribution is 7.89. The molecule has 5 nitrogen and oxygen atoms in total. The van der Waals surface area contributed by atoms with Crippen molar-refractivity contribution in [2.75, 3.05) is 19.4 Å². The molecule has 1 aliphatic carbocycles. The minimum atomic E-state index is -3.39. The maximum atomic E-state index is 11.9. The molecule has 0 unspecified atom stereocenters. The molecule has 1 N–H and O–H groups in total. The van der Waals surface area contributed by atoms with E-state index in [2.05, 4.69) is 17.2 Å². The largest absolute Gasteiger partial charge is 0.365 e. The molecule has 0 bridgehead atoms. The SMILES string of the molecule is CN(C)S(=O)(=O)c1ccc(NC2(C)CCCC2)nc1. The van der Waals surface area contributed by atoms with Crippen molar-refractivity contribution in [3.63, 3.8) is 0 Å². The summed E-state index contributed by atoms with van der Waals surface area (Å²) in [6, 6.07) is 3.34. The predicted octanol–water partition coefficient (Wildman–Crippen LogP) is 2.08. The smallest absolute Gasteiger partial charge is 0.244 e. The minimum Gasteiger partial charge on any atom is -0.365 e. The zero-order valence-corrected chi connectivity index (χ0v) is 12.5. The fourth-order valence-corrected chi connectivity index (χ4v) is 3.25. The van der Waals surface area contributed by atoms with Gasteiger partial charge in [-0.25, -0.2) is 17.7 Å². The van der Waals surface area contributed by atoms with Crippen LogP contribution < -0.4 is 5.32 Å². The van der Waals surface area contributed by atoms with Gasteiger partial charge < -0.3 is 5.32 Å². The Morgan fingerprint density at radius 3 is 2.37 bits per heavy atom. The lowest BCUT2D eigenvalue weighted by molar-refractivity contribution is 0.520. The number of aromatic nitrogens is 1. The number of hydrogen-bond acceptors (Lipinski definition) is 4. The number of anilines is 1. The Kier molecular flexibility index (Phi) is 3.82. The van der Waals surface area contributed by atoms with Gasteiger partial charge in [0.25, 0.3) is 0 Å². The van der Waals surface area contributed by atoms with Gasteiger partial charge in [0.2, 0.25) is 10.0 Å². The molecule has 0 atom stereocenters. The van der Waals surface area contributed by atoms with Crippen molar-refractivity contribution in [1.82, 2.24) is 9.29 Å². The van der Waals surface area contributed by atoms with Crippen molar-refractivity contribution in [2.45, 2.75) is 43.0 Å². The second-order valence-corrected chi connectivity index (χ2v) is 7.71. The van der Waals surface area contributed by atoms with Gasteiger partial charge in [-0.2, -0.15) is 0 Å². The van der Waals surface area contributed by atoms with Crippen LogP contribution in [0.1, 0.15) is 32.6 Å². The number of hydrogen-bond donors (Lipinski definition) is 1. The molecule has 1 fully saturated rings. The molecule has 1 aliphatic rings. The summed E-state index contributed by atoms with van der Waals surface area (Å²) in [5.41, 5.74) is 0.0922. The molecule has 6 heteroatoms. The van der Waals surface area contributed by atoms with E-state index in [9.17, 15) is 8.42 Å². The molecule has 1 heterocycles. The van der Waals surface area contributed by atoms with E-state index in [1.165, 1.54) is 37.4 Å². The van der Waals surface area contributed by atoms with E-state index >= 15 is 0 Å². The van der Waals surface area contributed by atoms with Gasteiger partial charge in [-0.1, -0.05) is 12.8 Å². The van der Waals surface area contributed by atoms with E-state index in [4.69, 9.17) is 0 Å². The summed E-state index contributed by atoms with van der Waals surface area (Å²) in [4.78, 5) is 4.44. The second kappa shape index (κ2) is 5.09. The van der Waals surface area contributed by atoms with Crippen LogP contribution in [0.3, 0.4) is 0 Å². The monoisotopic (exact) mass is 283 g/mol. The van der Waals surface area contributed by atoms with Crippen molar-refractivity contribution in [2.24, 2.45) is 0 Å². The number of rotatable bonds is 4. The Labute approximate surface area is 115 Å². The van der Waals surface area contributed by atoms with Crippen LogP contribution in [0.5, 0.6) is 0 Å². The molecule has 0 radical (unpaired) electrons. The highest BCUT2D eigenvalue weighted by Gasteiger charge is 2.28. The lowest BCUT2D eigenvalue weighted by atomic mass is 10.0. The molecule has 106 valence electrons. The van der Waals surface area contributed by atoms with E-state index < -0.39 is 10.0 Å². The molecule has 1 aromatic rings. The highest BCUT2D eigenvalue weighted by Crippen LogP contribution is 2.32. The fourth-order valence-electron chi connectivity index (χ4n) is 2.41. The summed E-state index contributed by atoms with van der Waals surface area (Å²) in [7, 11) is -0.363. The minimum absolute atomic E-state index is 0.0922. The quantitative estimate of drug-likeness (QED) is 0.919. The van der Waals surface area contributed by atoms with E-state index in [1.807, 2.05) is 0 Å². The van der Waals surface area contributed by atoms with Crippen molar-refractivity contribution in [1.29, 1.82) is 0 Å². The summed E-state index contributed by atoms with van der Waals surface area (Å²) < 4.78 is 25.0. The van der Waals surface area contributed by atoms with Crippen LogP contribution in [0.2, 0.25) is 0 Å². The van der Waals surface area contributed by atoms with Crippen molar-refractivity contribution < 1.29 is 8.42 Å². The van der Waals surface area contributed by atoms with Gasteiger partial charge in [0.15, 0.2) is 0 Å². The molecule has 0 aliphatic heterocycles. The standard InChI is InChI=1S/C13H21N3O2S/c1-13(8-4-5-9-13)15-12-7-6-11(10-14-12)19(17,18)16(2)3/h6-7,10H,4-5,8-9H2,1-3H3,(H,14,15). The summed E-state index contributed by atoms with van der Waals surface area (Å²) in [5, 5.41) is 3.41. The van der Waals surface area contributed by atoms with Gasteiger partial charge in [0, 0.05) is 25.8 Å². The Hall–Kier alpha value is -1.14. The molecule has 19 heavy (non-hydrogen) atoms. The number of nitrogens with one attached hydrogen (secondary N) is 1. The Bertz CT molecular complexity index is 532. The molecule has 1 saturated carbocycles. The first-order valence-electron chi connectivity index (χ1n) is 6.50. The van der Waals surface area contributed by atoms with Crippen LogP contribution in [-0.2, 0) is 10.0 Å². The number of sulfonamides is 1. The number of pyridine rings is 1. The zero-order valence-electron chi connectivity index (χ0n) is 11.7. The van der Waals surface area contributed by atoms with E-state index in [0.29, 0.717) is 0 Å². The lowest BCUT2D eigenvalue weighted by Crippen LogP contribution is -2.31. The van der Waals surface area contributed by atoms with Gasteiger partial charge in [0.1, 0.15) is 10.7 Å². The highest BCUT2D eigenvalue weighted by atomic mass is 32.2. The van der Waals surface area contributed by atoms with Crippen molar-refractivity contribution in [3.8, 4) is 0 Å². The van der Waals surface area contributed by atoms with Crippen LogP contribution in [-0.4, -0.2) is 37.3 Å². The van der Waals surface area contributed by atoms with Crippen LogP contribution in [0.4, 0.5) is 5.82 Å². The van der Waals surface area contributed by atoms with Gasteiger partial charge >= 0.3 is 0 Å². The molecular weight excluding hydrogens is 262 g/mol. The van der Waals surface area contributed by atoms with Crippen molar-refractivity contribution in [3.05, 3.63) is 18.3 Å². The Morgan fingerprint density at radius 1 is 1.26 bits per heavy atom. The van der Waals surface area contributed by atoms with E-state index in [-0.39, 0.29) is 10.4 Å². The number of nitrogens with zero attached hydrogens (tertiary/aromatic N) is 2. The third kappa shape index (κ3) is 3.06. The van der Waals surface area contributed by atoms with Crippen LogP contribution in [0, 0.1) is 0 Å². The van der Waals surface area contributed by atoms with Crippen LogP contribution in [0.25, 0.3) is 0 Å². The summed E-state index contributed by atoms with van der Waals surface area (Å²) in [5.74, 6) is 0.738. The lowest BCUT2D eigenvalue weighted by Gasteiger charge is -2.26. The summed E-state index contributed by atoms with van der Waals surface area (Å²) in [6.45, 7) is 2.19. The average molecular weight is 283 g/mol. The van der Waals surface area contributed by atoms with Gasteiger partial charge in [0.05, 0.1) is 0 Å². The molecule has 2 rings (SSSR count). The van der Waals surface area contributed by atoms with Gasteiger partial charge in [-0.3, -0.25) is 0 Å². The summed E-state index contributed by atoms with van der Waals surface area (Å²) in [6.07, 6.45) is 6.14. The Morgan fingerprint density at radius 2 is 1.89 bits per heavy atom. The average Bonchev–Trinajstić information content (AvgIpc) is 2.76. The third-order valence-electron chi connectivity index (χ3n) is 3.65. The molecule has 1 aromatic heterocycles. The second-order valence-electron chi connectivity index (χ2n) is 5.56. The zero-order chi connectivity index (χ0) is 14.1. The molecule has 0 amide bonds. The first-order chi connectivity index (χ1) is 8.83. The fraction of sp³-hybridized carbons (Fsp3) is 0.615. The summed E-state index contributed by atoms with van der Waals surface area (Å²) >= 11 is 0. The Balaban J connectivity index is 2.15. The van der Waals surface area contributed by atoms with Gasteiger partial charge in [-0.05, 0) is 31.9 Å². The first kappa shape index (κ1) is 14.3. The predicted molar refractivity (Wildman–Crippen MR) is 75.6 cm³/mol. The maximum Gasteiger partial charge on any atom is 0.244 e. The topological polar surface area (TPSA) is 62.3 Å². The van der Waals surface area contributed by atoms with Gasteiger partial charge in [-0.15, -0.1) is 0 Å². The molecule has 0 aromatic carbocycles. The van der Waals surface area contributed by atoms with Crippen LogP contribution >= 0.6 is 0 Å². The third-order valence-corrected chi connectivity index (χ3v) is 5.45. The van der Waals surface area contributed by atoms with E-state index in [1.54, 1.807) is 12.1 Å². The molecule has 0 saturated heterocycles. The molecular formula is C13H21N3O2S. The van der Waals surface area contributed by atoms with Crippen LogP contribution in [0.15, 0.2) is 23.2 Å². The van der Waals surface area contributed by atoms with E-state index in [0.717, 1.165) is 18.7 Å². The molecule has 0 spiro atoms. The maximum absolute atomic E-state index is 11.9. The first-order valence-corrected chi connectivity index (χ1v) is 7.94.